The lowest BCUT2D eigenvalue weighted by Gasteiger charge is -2.10. The maximum absolute atomic E-state index is 11.1. The van der Waals surface area contributed by atoms with E-state index in [1.54, 1.807) is 13.8 Å². The molecule has 0 aromatic carbocycles. The van der Waals surface area contributed by atoms with E-state index in [4.69, 9.17) is 5.11 Å². The summed E-state index contributed by atoms with van der Waals surface area (Å²) in [6.07, 6.45) is -2.26. The average Bonchev–Trinajstić information content (AvgIpc) is 2.03. The van der Waals surface area contributed by atoms with Crippen molar-refractivity contribution in [3.63, 3.8) is 0 Å². The summed E-state index contributed by atoms with van der Waals surface area (Å²) < 4.78 is 8.84. The smallest absolute Gasteiger partial charge is 0.378 e. The van der Waals surface area contributed by atoms with Crippen LogP contribution in [0.15, 0.2) is 0 Å². The van der Waals surface area contributed by atoms with Crippen LogP contribution in [0.25, 0.3) is 0 Å². The van der Waals surface area contributed by atoms with Gasteiger partial charge in [-0.15, -0.1) is 0 Å². The summed E-state index contributed by atoms with van der Waals surface area (Å²) in [5.41, 5.74) is 0. The summed E-state index contributed by atoms with van der Waals surface area (Å²) in [5, 5.41) is 8.47. The van der Waals surface area contributed by atoms with Crippen LogP contribution in [0, 0.1) is 0 Å². The van der Waals surface area contributed by atoms with Gasteiger partial charge >= 0.3 is 11.9 Å². The van der Waals surface area contributed by atoms with Gasteiger partial charge in [0.2, 0.25) is 6.10 Å². The normalized spacial score (nSPS) is 12.3. The lowest BCUT2D eigenvalue weighted by molar-refractivity contribution is -0.167. The quantitative estimate of drug-likeness (QED) is 0.372. The molecule has 0 amide bonds. The Morgan fingerprint density at radius 1 is 1.21 bits per heavy atom. The van der Waals surface area contributed by atoms with Crippen LogP contribution in [0.4, 0.5) is 0 Å². The first-order valence-electron chi connectivity index (χ1n) is 3.90. The molecule has 0 radical (unpaired) electrons. The second-order valence-electron chi connectivity index (χ2n) is 2.77. The zero-order valence-electron chi connectivity index (χ0n) is 8.14. The van der Waals surface area contributed by atoms with E-state index in [9.17, 15) is 14.4 Å². The number of ether oxygens (including phenoxy) is 2. The molecule has 6 nitrogen and oxygen atoms in total. The van der Waals surface area contributed by atoms with Crippen LogP contribution in [0.5, 0.6) is 0 Å². The van der Waals surface area contributed by atoms with Gasteiger partial charge in [0.15, 0.2) is 0 Å². The fraction of sp³-hybridized carbons (Fsp3) is 0.625. The number of aliphatic carboxylic acids is 1. The van der Waals surface area contributed by atoms with Crippen molar-refractivity contribution in [3.05, 3.63) is 0 Å². The minimum absolute atomic E-state index is 0.474. The molecule has 0 aliphatic heterocycles. The highest BCUT2D eigenvalue weighted by Gasteiger charge is 2.33. The van der Waals surface area contributed by atoms with Gasteiger partial charge in [-0.2, -0.15) is 0 Å². The molecule has 14 heavy (non-hydrogen) atoms. The van der Waals surface area contributed by atoms with Crippen molar-refractivity contribution in [1.82, 2.24) is 0 Å². The molecule has 0 aromatic rings. The van der Waals surface area contributed by atoms with Gasteiger partial charge in [0, 0.05) is 7.11 Å². The Kier molecular flexibility index (Phi) is 4.79. The van der Waals surface area contributed by atoms with E-state index in [0.29, 0.717) is 0 Å². The number of Topliss-reactive ketones (excluding diaryl/α,β-unsaturated/α-hetero) is 1. The lowest BCUT2D eigenvalue weighted by atomic mass is 10.2. The van der Waals surface area contributed by atoms with Crippen molar-refractivity contribution >= 4 is 17.7 Å². The second-order valence-corrected chi connectivity index (χ2v) is 2.77. The first kappa shape index (κ1) is 12.6. The summed E-state index contributed by atoms with van der Waals surface area (Å²) >= 11 is 0. The van der Waals surface area contributed by atoms with E-state index in [1.165, 1.54) is 0 Å². The summed E-state index contributed by atoms with van der Waals surface area (Å²) in [6, 6.07) is 0. The summed E-state index contributed by atoms with van der Waals surface area (Å²) in [5.74, 6) is -3.93. The fourth-order valence-corrected chi connectivity index (χ4v) is 0.699. The molecule has 0 heterocycles. The van der Waals surface area contributed by atoms with Crippen LogP contribution in [0.3, 0.4) is 0 Å². The molecule has 1 N–H and O–H groups in total. The molecule has 0 aliphatic carbocycles. The van der Waals surface area contributed by atoms with Crippen LogP contribution in [-0.2, 0) is 23.9 Å². The number of rotatable bonds is 5. The highest BCUT2D eigenvalue weighted by atomic mass is 16.6. The van der Waals surface area contributed by atoms with E-state index in [1.807, 2.05) is 0 Å². The van der Waals surface area contributed by atoms with Crippen LogP contribution in [0.2, 0.25) is 0 Å². The molecular weight excluding hydrogens is 192 g/mol. The van der Waals surface area contributed by atoms with E-state index in [0.717, 1.165) is 7.11 Å². The number of carboxylic acid groups (broad SMARTS) is 1. The number of hydrogen-bond acceptors (Lipinski definition) is 5. The molecule has 80 valence electrons. The molecule has 0 spiro atoms. The van der Waals surface area contributed by atoms with Gasteiger partial charge in [-0.3, -0.25) is 4.79 Å². The maximum Gasteiger partial charge on any atom is 0.378 e. The van der Waals surface area contributed by atoms with Crippen LogP contribution < -0.4 is 0 Å². The monoisotopic (exact) mass is 204 g/mol. The van der Waals surface area contributed by atoms with E-state index < -0.39 is 29.9 Å². The van der Waals surface area contributed by atoms with Gasteiger partial charge in [-0.05, 0) is 13.8 Å². The molecule has 0 saturated carbocycles. The number of carbonyl (C=O) groups excluding carboxylic acids is 2. The minimum atomic E-state index is -1.79. The summed E-state index contributed by atoms with van der Waals surface area (Å²) in [4.78, 5) is 32.4. The molecule has 1 atom stereocenters. The Hall–Kier alpha value is -1.43. The van der Waals surface area contributed by atoms with Gasteiger partial charge in [0.1, 0.15) is 0 Å². The Bertz CT molecular complexity index is 244. The lowest BCUT2D eigenvalue weighted by Crippen LogP contribution is -2.38. The second kappa shape index (κ2) is 5.33. The number of esters is 1. The minimum Gasteiger partial charge on any atom is -0.479 e. The first-order chi connectivity index (χ1) is 6.40. The van der Waals surface area contributed by atoms with E-state index in [-0.39, 0.29) is 0 Å². The zero-order chi connectivity index (χ0) is 11.3. The predicted molar refractivity (Wildman–Crippen MR) is 44.7 cm³/mol. The average molecular weight is 204 g/mol. The standard InChI is InChI=1S/C8H12O6/c1-4(2)14-8(12)5(9)6(13-3)7(10)11/h4,6H,1-3H3,(H,10,11). The molecule has 1 unspecified atom stereocenters. The third-order valence-corrected chi connectivity index (χ3v) is 1.24. The number of ketones is 1. The Labute approximate surface area is 80.8 Å². The number of methoxy groups -OCH3 is 1. The van der Waals surface area contributed by atoms with Crippen molar-refractivity contribution in [3.8, 4) is 0 Å². The van der Waals surface area contributed by atoms with Crippen molar-refractivity contribution in [2.45, 2.75) is 26.1 Å². The highest BCUT2D eigenvalue weighted by molar-refractivity contribution is 6.39. The molecule has 0 fully saturated rings. The van der Waals surface area contributed by atoms with Crippen LogP contribution >= 0.6 is 0 Å². The van der Waals surface area contributed by atoms with Gasteiger partial charge < -0.3 is 14.6 Å². The third-order valence-electron chi connectivity index (χ3n) is 1.24. The third kappa shape index (κ3) is 3.53. The number of carbonyl (C=O) groups is 3. The Balaban J connectivity index is 4.43. The largest absolute Gasteiger partial charge is 0.479 e. The molecule has 0 aliphatic rings. The SMILES string of the molecule is COC(C(=O)O)C(=O)C(=O)OC(C)C. The van der Waals surface area contributed by atoms with Crippen molar-refractivity contribution in [1.29, 1.82) is 0 Å². The van der Waals surface area contributed by atoms with Gasteiger partial charge in [0.05, 0.1) is 6.10 Å². The zero-order valence-corrected chi connectivity index (χ0v) is 8.14. The Morgan fingerprint density at radius 3 is 2.00 bits per heavy atom. The molecule has 0 saturated heterocycles. The number of carboxylic acids is 1. The molecule has 6 heteroatoms. The van der Waals surface area contributed by atoms with Crippen molar-refractivity contribution in [2.75, 3.05) is 7.11 Å². The summed E-state index contributed by atoms with van der Waals surface area (Å²) in [6.45, 7) is 3.10. The van der Waals surface area contributed by atoms with Crippen molar-refractivity contribution in [2.24, 2.45) is 0 Å². The predicted octanol–water partition coefficient (Wildman–Crippen LogP) is -0.393. The highest BCUT2D eigenvalue weighted by Crippen LogP contribution is 1.98. The van der Waals surface area contributed by atoms with Crippen molar-refractivity contribution < 1.29 is 29.0 Å². The fourth-order valence-electron chi connectivity index (χ4n) is 0.699. The molecule has 0 bridgehead atoms. The summed E-state index contributed by atoms with van der Waals surface area (Å²) in [7, 11) is 1.03. The molecule has 0 rings (SSSR count). The van der Waals surface area contributed by atoms with Gasteiger partial charge in [0.25, 0.3) is 5.78 Å². The Morgan fingerprint density at radius 2 is 1.71 bits per heavy atom. The van der Waals surface area contributed by atoms with Crippen LogP contribution in [-0.4, -0.2) is 42.1 Å². The van der Waals surface area contributed by atoms with Crippen LogP contribution in [0.1, 0.15) is 13.8 Å². The number of hydrogen-bond donors (Lipinski definition) is 1. The first-order valence-corrected chi connectivity index (χ1v) is 3.90. The maximum atomic E-state index is 11.1. The van der Waals surface area contributed by atoms with E-state index >= 15 is 0 Å². The topological polar surface area (TPSA) is 89.9 Å². The van der Waals surface area contributed by atoms with E-state index in [2.05, 4.69) is 9.47 Å². The molecular formula is C8H12O6. The van der Waals surface area contributed by atoms with Gasteiger partial charge in [-0.1, -0.05) is 0 Å². The van der Waals surface area contributed by atoms with Gasteiger partial charge in [-0.25, -0.2) is 9.59 Å². The molecule has 0 aromatic heterocycles.